The van der Waals surface area contributed by atoms with Gasteiger partial charge in [0.05, 0.1) is 5.54 Å². The molecular weight excluding hydrogens is 216 g/mol. The first-order valence-corrected chi connectivity index (χ1v) is 5.05. The monoisotopic (exact) mass is 227 g/mol. The Labute approximate surface area is 91.1 Å². The van der Waals surface area contributed by atoms with Crippen LogP contribution in [0.5, 0.6) is 11.5 Å². The van der Waals surface area contributed by atoms with Gasteiger partial charge in [-0.3, -0.25) is 0 Å². The van der Waals surface area contributed by atoms with Gasteiger partial charge in [-0.2, -0.15) is 0 Å². The van der Waals surface area contributed by atoms with E-state index in [1.165, 1.54) is 0 Å². The molecule has 3 rings (SSSR count). The zero-order valence-corrected chi connectivity index (χ0v) is 8.50. The van der Waals surface area contributed by atoms with Gasteiger partial charge in [0.1, 0.15) is 0 Å². The van der Waals surface area contributed by atoms with Gasteiger partial charge in [0.2, 0.25) is 6.79 Å². The SMILES string of the molecule is NC1(c2ccc3c(c2)OCO3)CC(F)(F)C1. The summed E-state index contributed by atoms with van der Waals surface area (Å²) in [6, 6.07) is 5.13. The van der Waals surface area contributed by atoms with Crippen LogP contribution in [0, 0.1) is 0 Å². The maximum atomic E-state index is 12.9. The first-order valence-electron chi connectivity index (χ1n) is 5.05. The maximum Gasteiger partial charge on any atom is 0.252 e. The zero-order valence-electron chi connectivity index (χ0n) is 8.50. The smallest absolute Gasteiger partial charge is 0.252 e. The molecule has 1 saturated carbocycles. The number of benzene rings is 1. The van der Waals surface area contributed by atoms with Crippen LogP contribution >= 0.6 is 0 Å². The van der Waals surface area contributed by atoms with Gasteiger partial charge in [-0.15, -0.1) is 0 Å². The Bertz CT molecular complexity index is 440. The third-order valence-electron chi connectivity index (χ3n) is 3.10. The van der Waals surface area contributed by atoms with Crippen molar-refractivity contribution < 1.29 is 18.3 Å². The van der Waals surface area contributed by atoms with Crippen LogP contribution < -0.4 is 15.2 Å². The van der Waals surface area contributed by atoms with Crippen molar-refractivity contribution in [2.75, 3.05) is 6.79 Å². The quantitative estimate of drug-likeness (QED) is 0.798. The van der Waals surface area contributed by atoms with E-state index >= 15 is 0 Å². The molecule has 0 spiro atoms. The molecule has 86 valence electrons. The number of alkyl halides is 2. The summed E-state index contributed by atoms with van der Waals surface area (Å²) in [5.74, 6) is -1.42. The molecule has 2 N–H and O–H groups in total. The minimum Gasteiger partial charge on any atom is -0.454 e. The summed E-state index contributed by atoms with van der Waals surface area (Å²) in [6.07, 6.45) is -0.612. The van der Waals surface area contributed by atoms with Crippen molar-refractivity contribution in [2.45, 2.75) is 24.3 Å². The highest BCUT2D eigenvalue weighted by atomic mass is 19.3. The summed E-state index contributed by atoms with van der Waals surface area (Å²) in [4.78, 5) is 0. The lowest BCUT2D eigenvalue weighted by molar-refractivity contribution is -0.125. The van der Waals surface area contributed by atoms with Crippen molar-refractivity contribution in [1.29, 1.82) is 0 Å². The van der Waals surface area contributed by atoms with E-state index in [9.17, 15) is 8.78 Å². The van der Waals surface area contributed by atoms with E-state index in [0.29, 0.717) is 17.1 Å². The van der Waals surface area contributed by atoms with E-state index in [2.05, 4.69) is 0 Å². The Kier molecular flexibility index (Phi) is 1.75. The molecule has 1 heterocycles. The summed E-state index contributed by atoms with van der Waals surface area (Å²) in [5.41, 5.74) is 5.67. The predicted octanol–water partition coefficient (Wildman–Crippen LogP) is 2.00. The van der Waals surface area contributed by atoms with Crippen LogP contribution in [0.4, 0.5) is 8.78 Å². The second-order valence-corrected chi connectivity index (χ2v) is 4.43. The van der Waals surface area contributed by atoms with Gasteiger partial charge in [0, 0.05) is 12.8 Å². The molecule has 0 bridgehead atoms. The second kappa shape index (κ2) is 2.85. The first-order chi connectivity index (χ1) is 7.49. The van der Waals surface area contributed by atoms with Crippen LogP contribution in [0.3, 0.4) is 0 Å². The van der Waals surface area contributed by atoms with Gasteiger partial charge in [-0.25, -0.2) is 8.78 Å². The number of ether oxygens (including phenoxy) is 2. The lowest BCUT2D eigenvalue weighted by Gasteiger charge is -2.44. The van der Waals surface area contributed by atoms with Gasteiger partial charge in [0.15, 0.2) is 11.5 Å². The molecule has 0 saturated heterocycles. The van der Waals surface area contributed by atoms with Crippen LogP contribution in [-0.2, 0) is 5.54 Å². The van der Waals surface area contributed by atoms with Gasteiger partial charge in [-0.05, 0) is 17.7 Å². The number of hydrogen-bond donors (Lipinski definition) is 1. The molecule has 0 amide bonds. The summed E-state index contributed by atoms with van der Waals surface area (Å²) in [6.45, 7) is 0.173. The van der Waals surface area contributed by atoms with Crippen LogP contribution in [-0.4, -0.2) is 12.7 Å². The molecule has 3 nitrogen and oxygen atoms in total. The lowest BCUT2D eigenvalue weighted by atomic mass is 9.70. The van der Waals surface area contributed by atoms with Crippen molar-refractivity contribution in [1.82, 2.24) is 0 Å². The third-order valence-corrected chi connectivity index (χ3v) is 3.10. The van der Waals surface area contributed by atoms with E-state index in [1.54, 1.807) is 18.2 Å². The second-order valence-electron chi connectivity index (χ2n) is 4.43. The highest BCUT2D eigenvalue weighted by molar-refractivity contribution is 5.47. The highest BCUT2D eigenvalue weighted by Gasteiger charge is 2.55. The van der Waals surface area contributed by atoms with Gasteiger partial charge >= 0.3 is 0 Å². The fourth-order valence-electron chi connectivity index (χ4n) is 2.28. The van der Waals surface area contributed by atoms with E-state index in [4.69, 9.17) is 15.2 Å². The number of fused-ring (bicyclic) bond motifs is 1. The van der Waals surface area contributed by atoms with E-state index in [1.807, 2.05) is 0 Å². The van der Waals surface area contributed by atoms with Crippen molar-refractivity contribution in [2.24, 2.45) is 5.73 Å². The molecule has 1 aliphatic carbocycles. The molecule has 16 heavy (non-hydrogen) atoms. The average molecular weight is 227 g/mol. The molecule has 0 radical (unpaired) electrons. The molecule has 0 atom stereocenters. The van der Waals surface area contributed by atoms with Crippen molar-refractivity contribution in [3.63, 3.8) is 0 Å². The Morgan fingerprint density at radius 1 is 1.12 bits per heavy atom. The predicted molar refractivity (Wildman–Crippen MR) is 52.6 cm³/mol. The van der Waals surface area contributed by atoms with E-state index < -0.39 is 11.5 Å². The standard InChI is InChI=1S/C11H11F2NO2/c12-11(13)4-10(14,5-11)7-1-2-8-9(3-7)16-6-15-8/h1-3H,4-6,14H2. The Balaban J connectivity index is 1.91. The number of rotatable bonds is 1. The molecule has 0 aromatic heterocycles. The molecule has 2 aliphatic rings. The number of halogens is 2. The van der Waals surface area contributed by atoms with Crippen LogP contribution in [0.1, 0.15) is 18.4 Å². The van der Waals surface area contributed by atoms with Crippen LogP contribution in [0.2, 0.25) is 0 Å². The van der Waals surface area contributed by atoms with Gasteiger partial charge in [0.25, 0.3) is 5.92 Å². The molecule has 0 unspecified atom stereocenters. The first kappa shape index (κ1) is 9.84. The van der Waals surface area contributed by atoms with Gasteiger partial charge in [-0.1, -0.05) is 6.07 Å². The largest absolute Gasteiger partial charge is 0.454 e. The summed E-state index contributed by atoms with van der Waals surface area (Å²) < 4.78 is 36.1. The van der Waals surface area contributed by atoms with E-state index in [0.717, 1.165) is 0 Å². The van der Waals surface area contributed by atoms with Gasteiger partial charge < -0.3 is 15.2 Å². The van der Waals surface area contributed by atoms with Crippen LogP contribution in [0.15, 0.2) is 18.2 Å². The third kappa shape index (κ3) is 1.35. The maximum absolute atomic E-state index is 12.9. The van der Waals surface area contributed by atoms with Crippen molar-refractivity contribution >= 4 is 0 Å². The fourth-order valence-corrected chi connectivity index (χ4v) is 2.28. The summed E-state index contributed by atoms with van der Waals surface area (Å²) in [7, 11) is 0. The molecular formula is C11H11F2NO2. The summed E-state index contributed by atoms with van der Waals surface area (Å²) >= 11 is 0. The molecule has 1 aliphatic heterocycles. The number of nitrogens with two attached hydrogens (primary N) is 1. The normalized spacial score (nSPS) is 23.9. The van der Waals surface area contributed by atoms with Crippen LogP contribution in [0.25, 0.3) is 0 Å². The number of hydrogen-bond acceptors (Lipinski definition) is 3. The van der Waals surface area contributed by atoms with Crippen molar-refractivity contribution in [3.05, 3.63) is 23.8 Å². The zero-order chi connectivity index (χ0) is 11.4. The van der Waals surface area contributed by atoms with E-state index in [-0.39, 0.29) is 19.6 Å². The minimum atomic E-state index is -2.63. The molecule has 5 heteroatoms. The Hall–Kier alpha value is -1.36. The minimum absolute atomic E-state index is 0.173. The topological polar surface area (TPSA) is 44.5 Å². The molecule has 1 aromatic carbocycles. The lowest BCUT2D eigenvalue weighted by Crippen LogP contribution is -2.55. The Morgan fingerprint density at radius 2 is 1.81 bits per heavy atom. The fraction of sp³-hybridized carbons (Fsp3) is 0.455. The Morgan fingerprint density at radius 3 is 2.50 bits per heavy atom. The molecule has 1 fully saturated rings. The average Bonchev–Trinajstić information content (AvgIpc) is 2.60. The summed E-state index contributed by atoms with van der Waals surface area (Å²) in [5, 5.41) is 0. The van der Waals surface area contributed by atoms with Crippen molar-refractivity contribution in [3.8, 4) is 11.5 Å². The molecule has 1 aromatic rings. The highest BCUT2D eigenvalue weighted by Crippen LogP contribution is 2.51.